The molecule has 0 radical (unpaired) electrons. The Morgan fingerprint density at radius 1 is 1.53 bits per heavy atom. The van der Waals surface area contributed by atoms with Gasteiger partial charge in [-0.05, 0) is 31.9 Å². The quantitative estimate of drug-likeness (QED) is 0.890. The van der Waals surface area contributed by atoms with Gasteiger partial charge < -0.3 is 5.11 Å². The monoisotopic (exact) mass is 266 g/mol. The summed E-state index contributed by atoms with van der Waals surface area (Å²) in [6.45, 7) is 1.94. The van der Waals surface area contributed by atoms with Gasteiger partial charge in [-0.2, -0.15) is 0 Å². The Morgan fingerprint density at radius 3 is 2.74 bits per heavy atom. The first-order valence-electron chi connectivity index (χ1n) is 6.67. The third kappa shape index (κ3) is 3.50. The van der Waals surface area contributed by atoms with Crippen LogP contribution in [0.3, 0.4) is 0 Å². The summed E-state index contributed by atoms with van der Waals surface area (Å²) in [4.78, 5) is 17.1. The van der Waals surface area contributed by atoms with E-state index in [1.54, 1.807) is 6.07 Å². The molecular formula is C14H19FN2O2. The minimum absolute atomic E-state index is 0.00485. The molecule has 0 amide bonds. The van der Waals surface area contributed by atoms with Crippen molar-refractivity contribution in [2.45, 2.75) is 44.7 Å². The Bertz CT molecular complexity index is 430. The van der Waals surface area contributed by atoms with Gasteiger partial charge in [0.15, 0.2) is 0 Å². The average Bonchev–Trinajstić information content (AvgIpc) is 2.89. The van der Waals surface area contributed by atoms with Crippen LogP contribution in [0, 0.1) is 5.82 Å². The third-order valence-electron chi connectivity index (χ3n) is 3.79. The van der Waals surface area contributed by atoms with Gasteiger partial charge >= 0.3 is 5.97 Å². The van der Waals surface area contributed by atoms with E-state index in [9.17, 15) is 9.18 Å². The van der Waals surface area contributed by atoms with Crippen LogP contribution in [0.5, 0.6) is 0 Å². The van der Waals surface area contributed by atoms with E-state index >= 15 is 0 Å². The van der Waals surface area contributed by atoms with Gasteiger partial charge in [-0.1, -0.05) is 12.8 Å². The van der Waals surface area contributed by atoms with Gasteiger partial charge in [0.2, 0.25) is 0 Å². The van der Waals surface area contributed by atoms with Crippen molar-refractivity contribution >= 4 is 5.97 Å². The zero-order chi connectivity index (χ0) is 13.8. The molecule has 5 heteroatoms. The number of nitrogens with zero attached hydrogens (tertiary/aromatic N) is 2. The van der Waals surface area contributed by atoms with Crippen LogP contribution in [-0.2, 0) is 4.79 Å². The van der Waals surface area contributed by atoms with Gasteiger partial charge in [0.25, 0.3) is 0 Å². The van der Waals surface area contributed by atoms with Crippen LogP contribution < -0.4 is 0 Å². The summed E-state index contributed by atoms with van der Waals surface area (Å²) < 4.78 is 12.9. The molecule has 0 saturated heterocycles. The molecule has 2 rings (SSSR count). The molecule has 1 fully saturated rings. The largest absolute Gasteiger partial charge is 0.480 e. The molecule has 1 aromatic rings. The van der Waals surface area contributed by atoms with E-state index in [4.69, 9.17) is 5.11 Å². The van der Waals surface area contributed by atoms with Gasteiger partial charge in [0.05, 0.1) is 24.5 Å². The van der Waals surface area contributed by atoms with Gasteiger partial charge in [-0.25, -0.2) is 4.39 Å². The summed E-state index contributed by atoms with van der Waals surface area (Å²) in [5, 5.41) is 9.06. The topological polar surface area (TPSA) is 53.4 Å². The number of carboxylic acid groups (broad SMARTS) is 1. The Hall–Kier alpha value is -1.49. The van der Waals surface area contributed by atoms with E-state index in [0.29, 0.717) is 0 Å². The summed E-state index contributed by atoms with van der Waals surface area (Å²) in [6, 6.07) is 3.17. The van der Waals surface area contributed by atoms with Crippen molar-refractivity contribution in [3.05, 3.63) is 29.8 Å². The summed E-state index contributed by atoms with van der Waals surface area (Å²) in [6.07, 6.45) is 5.52. The van der Waals surface area contributed by atoms with E-state index in [2.05, 4.69) is 4.98 Å². The predicted molar refractivity (Wildman–Crippen MR) is 69.2 cm³/mol. The lowest BCUT2D eigenvalue weighted by Crippen LogP contribution is -2.39. The van der Waals surface area contributed by atoms with Gasteiger partial charge in [0, 0.05) is 6.04 Å². The minimum atomic E-state index is -0.833. The first-order valence-corrected chi connectivity index (χ1v) is 6.67. The van der Waals surface area contributed by atoms with Crippen molar-refractivity contribution in [1.82, 2.24) is 9.88 Å². The fraction of sp³-hybridized carbons (Fsp3) is 0.571. The van der Waals surface area contributed by atoms with Crippen LogP contribution in [0.25, 0.3) is 0 Å². The Morgan fingerprint density at radius 2 is 2.21 bits per heavy atom. The Balaban J connectivity index is 2.16. The second kappa shape index (κ2) is 6.10. The number of hydrogen-bond donors (Lipinski definition) is 1. The number of carbonyl (C=O) groups is 1. The number of hydrogen-bond acceptors (Lipinski definition) is 3. The molecule has 1 aliphatic rings. The van der Waals surface area contributed by atoms with Crippen molar-refractivity contribution in [1.29, 1.82) is 0 Å². The van der Waals surface area contributed by atoms with E-state index in [0.717, 1.165) is 31.4 Å². The fourth-order valence-electron chi connectivity index (χ4n) is 2.78. The number of aromatic nitrogens is 1. The van der Waals surface area contributed by atoms with Gasteiger partial charge in [0.1, 0.15) is 5.82 Å². The van der Waals surface area contributed by atoms with Crippen LogP contribution in [-0.4, -0.2) is 33.5 Å². The fourth-order valence-corrected chi connectivity index (χ4v) is 2.78. The maximum Gasteiger partial charge on any atom is 0.317 e. The summed E-state index contributed by atoms with van der Waals surface area (Å²) in [5.41, 5.74) is 0.717. The molecule has 0 aliphatic heterocycles. The second-order valence-corrected chi connectivity index (χ2v) is 5.08. The molecular weight excluding hydrogens is 247 g/mol. The minimum Gasteiger partial charge on any atom is -0.480 e. The smallest absolute Gasteiger partial charge is 0.317 e. The van der Waals surface area contributed by atoms with E-state index in [1.807, 2.05) is 11.8 Å². The number of halogens is 1. The zero-order valence-corrected chi connectivity index (χ0v) is 11.1. The highest BCUT2D eigenvalue weighted by atomic mass is 19.1. The highest BCUT2D eigenvalue weighted by molar-refractivity contribution is 5.69. The molecule has 4 nitrogen and oxygen atoms in total. The first kappa shape index (κ1) is 13.9. The normalized spacial score (nSPS) is 17.8. The lowest BCUT2D eigenvalue weighted by Gasteiger charge is -2.32. The van der Waals surface area contributed by atoms with Gasteiger partial charge in [-0.3, -0.25) is 14.7 Å². The Labute approximate surface area is 112 Å². The van der Waals surface area contributed by atoms with Crippen molar-refractivity contribution in [2.24, 2.45) is 0 Å². The standard InChI is InChI=1S/C14H19FN2O2/c1-10(13-7-6-11(15)8-16-13)17(9-14(18)19)12-4-2-3-5-12/h6-8,10,12H,2-5,9H2,1H3,(H,18,19). The molecule has 1 saturated carbocycles. The molecule has 19 heavy (non-hydrogen) atoms. The van der Waals surface area contributed by atoms with Crippen LogP contribution in [0.4, 0.5) is 4.39 Å². The third-order valence-corrected chi connectivity index (χ3v) is 3.79. The molecule has 1 aliphatic carbocycles. The maximum atomic E-state index is 12.9. The van der Waals surface area contributed by atoms with Crippen LogP contribution in [0.2, 0.25) is 0 Å². The molecule has 104 valence electrons. The average molecular weight is 266 g/mol. The van der Waals surface area contributed by atoms with Crippen LogP contribution >= 0.6 is 0 Å². The summed E-state index contributed by atoms with van der Waals surface area (Å²) in [7, 11) is 0. The number of pyridine rings is 1. The van der Waals surface area contributed by atoms with E-state index < -0.39 is 5.97 Å². The molecule has 1 heterocycles. The summed E-state index contributed by atoms with van der Waals surface area (Å²) >= 11 is 0. The van der Waals surface area contributed by atoms with Crippen molar-refractivity contribution in [2.75, 3.05) is 6.54 Å². The molecule has 1 unspecified atom stereocenters. The van der Waals surface area contributed by atoms with Crippen molar-refractivity contribution in [3.8, 4) is 0 Å². The highest BCUT2D eigenvalue weighted by Crippen LogP contribution is 2.30. The summed E-state index contributed by atoms with van der Waals surface area (Å²) in [5.74, 6) is -1.21. The molecule has 1 atom stereocenters. The van der Waals surface area contributed by atoms with E-state index in [1.165, 1.54) is 12.3 Å². The lowest BCUT2D eigenvalue weighted by molar-refractivity contribution is -0.139. The van der Waals surface area contributed by atoms with Crippen LogP contribution in [0.1, 0.15) is 44.3 Å². The highest BCUT2D eigenvalue weighted by Gasteiger charge is 2.29. The molecule has 0 bridgehead atoms. The molecule has 0 spiro atoms. The molecule has 1 aromatic heterocycles. The van der Waals surface area contributed by atoms with Crippen molar-refractivity contribution in [3.63, 3.8) is 0 Å². The van der Waals surface area contributed by atoms with Crippen molar-refractivity contribution < 1.29 is 14.3 Å². The SMILES string of the molecule is CC(c1ccc(F)cn1)N(CC(=O)O)C1CCCC1. The zero-order valence-electron chi connectivity index (χ0n) is 11.1. The number of carboxylic acids is 1. The maximum absolute atomic E-state index is 12.9. The van der Waals surface area contributed by atoms with E-state index in [-0.39, 0.29) is 24.4 Å². The second-order valence-electron chi connectivity index (χ2n) is 5.08. The molecule has 1 N–H and O–H groups in total. The van der Waals surface area contributed by atoms with Crippen LogP contribution in [0.15, 0.2) is 18.3 Å². The first-order chi connectivity index (χ1) is 9.08. The van der Waals surface area contributed by atoms with Gasteiger partial charge in [-0.15, -0.1) is 0 Å². The number of aliphatic carboxylic acids is 1. The predicted octanol–water partition coefficient (Wildman–Crippen LogP) is 2.61. The number of rotatable bonds is 5. The Kier molecular flexibility index (Phi) is 4.47. The molecule has 0 aromatic carbocycles. The lowest BCUT2D eigenvalue weighted by atomic mass is 10.1.